The SMILES string of the molecule is O=C1C(C2=NS(=O)(=O)c3ncccc3N2)=C(O)[C@@H]2[C@H]3CC[C@H](C3)[C@@H]2N1Cc1ccc(F)cc1. The van der Waals surface area contributed by atoms with E-state index in [1.807, 2.05) is 0 Å². The molecule has 170 valence electrons. The second-order valence-corrected chi connectivity index (χ2v) is 10.6. The number of hydrogen-bond acceptors (Lipinski definition) is 6. The summed E-state index contributed by atoms with van der Waals surface area (Å²) in [5.74, 6) is -0.932. The fraction of sp³-hybridized carbons (Fsp3) is 0.348. The monoisotopic (exact) mass is 468 g/mol. The highest BCUT2D eigenvalue weighted by atomic mass is 32.2. The summed E-state index contributed by atoms with van der Waals surface area (Å²) < 4.78 is 42.7. The zero-order chi connectivity index (χ0) is 22.9. The van der Waals surface area contributed by atoms with Crippen LogP contribution in [-0.4, -0.2) is 41.2 Å². The Morgan fingerprint density at radius 1 is 1.15 bits per heavy atom. The van der Waals surface area contributed by atoms with E-state index in [1.165, 1.54) is 24.4 Å². The molecule has 8 nitrogen and oxygen atoms in total. The number of aliphatic hydroxyl groups excluding tert-OH is 1. The van der Waals surface area contributed by atoms with Gasteiger partial charge in [0, 0.05) is 24.7 Å². The van der Waals surface area contributed by atoms with Crippen LogP contribution in [0.5, 0.6) is 0 Å². The predicted octanol–water partition coefficient (Wildman–Crippen LogP) is 3.00. The maximum absolute atomic E-state index is 13.8. The van der Waals surface area contributed by atoms with Crippen molar-refractivity contribution >= 4 is 27.5 Å². The fourth-order valence-electron chi connectivity index (χ4n) is 5.95. The van der Waals surface area contributed by atoms with Gasteiger partial charge in [-0.15, -0.1) is 4.40 Å². The highest BCUT2D eigenvalue weighted by Crippen LogP contribution is 2.55. The molecule has 2 N–H and O–H groups in total. The van der Waals surface area contributed by atoms with Crippen molar-refractivity contribution in [2.75, 3.05) is 5.32 Å². The van der Waals surface area contributed by atoms with Crippen LogP contribution >= 0.6 is 0 Å². The zero-order valence-electron chi connectivity index (χ0n) is 17.5. The van der Waals surface area contributed by atoms with Crippen molar-refractivity contribution in [2.24, 2.45) is 22.2 Å². The zero-order valence-corrected chi connectivity index (χ0v) is 18.3. The molecule has 1 aromatic heterocycles. The van der Waals surface area contributed by atoms with Gasteiger partial charge in [-0.3, -0.25) is 4.79 Å². The number of amidine groups is 1. The van der Waals surface area contributed by atoms with E-state index in [4.69, 9.17) is 0 Å². The van der Waals surface area contributed by atoms with Gasteiger partial charge in [0.2, 0.25) is 5.03 Å². The summed E-state index contributed by atoms with van der Waals surface area (Å²) in [6.45, 7) is 0.235. The number of carbonyl (C=O) groups excluding carboxylic acids is 1. The summed E-state index contributed by atoms with van der Waals surface area (Å²) in [5.41, 5.74) is 0.840. The first kappa shape index (κ1) is 20.3. The minimum absolute atomic E-state index is 0.0960. The van der Waals surface area contributed by atoms with Gasteiger partial charge in [-0.25, -0.2) is 9.37 Å². The van der Waals surface area contributed by atoms with E-state index in [9.17, 15) is 22.7 Å². The summed E-state index contributed by atoms with van der Waals surface area (Å²) in [7, 11) is -4.14. The molecule has 4 aliphatic rings. The van der Waals surface area contributed by atoms with Crippen molar-refractivity contribution in [3.63, 3.8) is 0 Å². The Morgan fingerprint density at radius 2 is 1.91 bits per heavy atom. The first-order valence-corrected chi connectivity index (χ1v) is 12.3. The molecule has 2 fully saturated rings. The number of nitrogens with zero attached hydrogens (tertiary/aromatic N) is 3. The van der Waals surface area contributed by atoms with Crippen LogP contribution in [0.2, 0.25) is 0 Å². The maximum atomic E-state index is 13.8. The van der Waals surface area contributed by atoms with Gasteiger partial charge in [-0.05, 0) is 60.9 Å². The average molecular weight is 469 g/mol. The van der Waals surface area contributed by atoms with E-state index < -0.39 is 15.9 Å². The van der Waals surface area contributed by atoms with E-state index in [-0.39, 0.29) is 64.0 Å². The molecule has 2 saturated carbocycles. The first-order valence-electron chi connectivity index (χ1n) is 10.9. The molecule has 2 bridgehead atoms. The number of anilines is 1. The molecule has 4 atom stereocenters. The Morgan fingerprint density at radius 3 is 2.70 bits per heavy atom. The van der Waals surface area contributed by atoms with Crippen molar-refractivity contribution in [2.45, 2.75) is 36.9 Å². The third-order valence-electron chi connectivity index (χ3n) is 7.26. The molecule has 2 aliphatic heterocycles. The number of rotatable bonds is 3. The topological polar surface area (TPSA) is 112 Å². The quantitative estimate of drug-likeness (QED) is 0.716. The van der Waals surface area contributed by atoms with E-state index in [0.29, 0.717) is 0 Å². The van der Waals surface area contributed by atoms with Gasteiger partial charge >= 0.3 is 10.0 Å². The number of carbonyl (C=O) groups is 1. The van der Waals surface area contributed by atoms with Crippen LogP contribution in [0.1, 0.15) is 24.8 Å². The number of benzene rings is 1. The third kappa shape index (κ3) is 3.07. The molecule has 0 radical (unpaired) electrons. The van der Waals surface area contributed by atoms with Gasteiger partial charge in [-0.2, -0.15) is 8.42 Å². The Bertz CT molecular complexity index is 1340. The lowest BCUT2D eigenvalue weighted by Gasteiger charge is -2.44. The smallest absolute Gasteiger partial charge is 0.303 e. The summed E-state index contributed by atoms with van der Waals surface area (Å²) in [6.07, 6.45) is 4.19. The average Bonchev–Trinajstić information content (AvgIpc) is 3.40. The molecule has 2 aliphatic carbocycles. The standard InChI is InChI=1S/C23H21FN4O4S/c24-15-7-3-12(4-8-15)11-28-19-14-6-5-13(10-14)17(19)20(29)18(23(28)30)21-26-16-2-1-9-25-22(16)33(31,32)27-21/h1-4,7-9,13-14,17,19,29H,5-6,10-11H2,(H,26,27)/t13-,14+,17+,19-/m0/s1. The van der Waals surface area contributed by atoms with Crippen LogP contribution in [-0.2, 0) is 21.4 Å². The van der Waals surface area contributed by atoms with Crippen LogP contribution in [0.25, 0.3) is 0 Å². The van der Waals surface area contributed by atoms with E-state index in [1.54, 1.807) is 23.1 Å². The molecule has 0 spiro atoms. The normalized spacial score (nSPS) is 29.4. The van der Waals surface area contributed by atoms with Gasteiger partial charge in [0.05, 0.1) is 5.69 Å². The Labute approximate surface area is 189 Å². The molecule has 10 heteroatoms. The number of amides is 1. The molecular formula is C23H21FN4O4S. The number of pyridine rings is 1. The molecule has 1 aromatic carbocycles. The number of sulfonamides is 1. The molecule has 33 heavy (non-hydrogen) atoms. The Balaban J connectivity index is 1.45. The second kappa shape index (κ2) is 7.11. The van der Waals surface area contributed by atoms with E-state index >= 15 is 0 Å². The molecule has 0 unspecified atom stereocenters. The van der Waals surface area contributed by atoms with Gasteiger partial charge in [0.1, 0.15) is 17.1 Å². The van der Waals surface area contributed by atoms with Crippen LogP contribution < -0.4 is 5.32 Å². The van der Waals surface area contributed by atoms with Crippen LogP contribution in [0.3, 0.4) is 0 Å². The summed E-state index contributed by atoms with van der Waals surface area (Å²) in [6, 6.07) is 8.89. The van der Waals surface area contributed by atoms with Gasteiger partial charge in [0.25, 0.3) is 5.91 Å². The lowest BCUT2D eigenvalue weighted by Crippen LogP contribution is -2.53. The molecule has 0 saturated heterocycles. The number of fused-ring (bicyclic) bond motifs is 6. The van der Waals surface area contributed by atoms with Crippen LogP contribution in [0.4, 0.5) is 10.1 Å². The summed E-state index contributed by atoms with van der Waals surface area (Å²) in [4.78, 5) is 19.3. The highest BCUT2D eigenvalue weighted by Gasteiger charge is 2.57. The van der Waals surface area contributed by atoms with Gasteiger partial charge < -0.3 is 15.3 Å². The maximum Gasteiger partial charge on any atom is 0.303 e. The Hall–Kier alpha value is -3.27. The van der Waals surface area contributed by atoms with E-state index in [2.05, 4.69) is 14.7 Å². The minimum Gasteiger partial charge on any atom is -0.511 e. The van der Waals surface area contributed by atoms with Gasteiger partial charge in [0.15, 0.2) is 5.84 Å². The van der Waals surface area contributed by atoms with Crippen LogP contribution in [0, 0.1) is 23.6 Å². The van der Waals surface area contributed by atoms with E-state index in [0.717, 1.165) is 24.8 Å². The third-order valence-corrected chi connectivity index (χ3v) is 8.50. The molecule has 2 aromatic rings. The van der Waals surface area contributed by atoms with Crippen LogP contribution in [0.15, 0.2) is 63.4 Å². The fourth-order valence-corrected chi connectivity index (χ4v) is 7.00. The Kier molecular flexibility index (Phi) is 4.39. The summed E-state index contributed by atoms with van der Waals surface area (Å²) in [5, 5.41) is 13.9. The number of halogens is 1. The van der Waals surface area contributed by atoms with Crippen molar-refractivity contribution in [3.05, 3.63) is 65.3 Å². The number of nitrogens with one attached hydrogen (secondary N) is 1. The number of aliphatic hydroxyl groups is 1. The molecular weight excluding hydrogens is 447 g/mol. The first-order chi connectivity index (χ1) is 15.8. The highest BCUT2D eigenvalue weighted by molar-refractivity contribution is 7.90. The molecule has 1 amide bonds. The van der Waals surface area contributed by atoms with Crippen molar-refractivity contribution in [1.29, 1.82) is 0 Å². The lowest BCUT2D eigenvalue weighted by molar-refractivity contribution is -0.134. The van der Waals surface area contributed by atoms with Crippen molar-refractivity contribution in [1.82, 2.24) is 9.88 Å². The molecule has 3 heterocycles. The predicted molar refractivity (Wildman–Crippen MR) is 117 cm³/mol. The van der Waals surface area contributed by atoms with Crippen molar-refractivity contribution in [3.8, 4) is 0 Å². The molecule has 6 rings (SSSR count). The number of hydrogen-bond donors (Lipinski definition) is 2. The van der Waals surface area contributed by atoms with Crippen molar-refractivity contribution < 1.29 is 22.7 Å². The largest absolute Gasteiger partial charge is 0.511 e. The summed E-state index contributed by atoms with van der Waals surface area (Å²) >= 11 is 0. The lowest BCUT2D eigenvalue weighted by atomic mass is 9.77. The number of aromatic nitrogens is 1. The minimum atomic E-state index is -4.14. The van der Waals surface area contributed by atoms with Gasteiger partial charge in [-0.1, -0.05) is 12.1 Å². The second-order valence-electron chi connectivity index (χ2n) is 9.07.